The Morgan fingerprint density at radius 2 is 2.11 bits per heavy atom. The summed E-state index contributed by atoms with van der Waals surface area (Å²) in [6.07, 6.45) is 3.75. The molecule has 1 unspecified atom stereocenters. The molecule has 0 bridgehead atoms. The highest BCUT2D eigenvalue weighted by atomic mass is 16.2. The van der Waals surface area contributed by atoms with Gasteiger partial charge in [0.15, 0.2) is 0 Å². The predicted molar refractivity (Wildman–Crippen MR) is 79.5 cm³/mol. The van der Waals surface area contributed by atoms with E-state index in [2.05, 4.69) is 19.2 Å². The van der Waals surface area contributed by atoms with Crippen LogP contribution in [0.3, 0.4) is 0 Å². The Kier molecular flexibility index (Phi) is 3.83. The van der Waals surface area contributed by atoms with Crippen molar-refractivity contribution in [3.8, 4) is 0 Å². The third kappa shape index (κ3) is 3.09. The lowest BCUT2D eigenvalue weighted by molar-refractivity contribution is 0.0827. The van der Waals surface area contributed by atoms with Crippen molar-refractivity contribution in [1.82, 2.24) is 4.90 Å². The fraction of sp³-hybridized carbons (Fsp3) is 0.562. The number of amides is 1. The molecule has 0 heterocycles. The van der Waals surface area contributed by atoms with E-state index < -0.39 is 0 Å². The molecule has 104 valence electrons. The molecule has 0 aliphatic heterocycles. The molecule has 1 aliphatic carbocycles. The summed E-state index contributed by atoms with van der Waals surface area (Å²) in [4.78, 5) is 13.6. The summed E-state index contributed by atoms with van der Waals surface area (Å²) in [6.45, 7) is 4.62. The number of nitrogens with zero attached hydrogens (tertiary/aromatic N) is 1. The third-order valence-corrected chi connectivity index (χ3v) is 4.11. The maximum absolute atomic E-state index is 12.0. The highest BCUT2D eigenvalue weighted by Gasteiger charge is 2.34. The van der Waals surface area contributed by atoms with Gasteiger partial charge in [-0.1, -0.05) is 26.3 Å². The Morgan fingerprint density at radius 3 is 2.68 bits per heavy atom. The van der Waals surface area contributed by atoms with Crippen LogP contribution < -0.4 is 5.32 Å². The standard InChI is InChI=1S/C16H24N2O/c1-16(2)10-6-9-14(16)17-13-8-5-7-12(11-13)15(19)18(3)4/h5,7-8,11,14,17H,6,9-10H2,1-4H3. The number of hydrogen-bond acceptors (Lipinski definition) is 2. The molecule has 0 radical (unpaired) electrons. The van der Waals surface area contributed by atoms with Crippen LogP contribution in [0.15, 0.2) is 24.3 Å². The highest BCUT2D eigenvalue weighted by Crippen LogP contribution is 2.39. The molecular weight excluding hydrogens is 236 g/mol. The Morgan fingerprint density at radius 1 is 1.37 bits per heavy atom. The van der Waals surface area contributed by atoms with Gasteiger partial charge in [0.2, 0.25) is 0 Å². The molecule has 1 amide bonds. The molecular formula is C16H24N2O. The maximum atomic E-state index is 12.0. The minimum atomic E-state index is 0.0503. The summed E-state index contributed by atoms with van der Waals surface area (Å²) < 4.78 is 0. The van der Waals surface area contributed by atoms with E-state index >= 15 is 0 Å². The summed E-state index contributed by atoms with van der Waals surface area (Å²) in [6, 6.07) is 8.31. The van der Waals surface area contributed by atoms with Crippen molar-refractivity contribution < 1.29 is 4.79 Å². The van der Waals surface area contributed by atoms with Crippen molar-refractivity contribution in [2.24, 2.45) is 5.41 Å². The zero-order valence-electron chi connectivity index (χ0n) is 12.4. The minimum absolute atomic E-state index is 0.0503. The van der Waals surface area contributed by atoms with Gasteiger partial charge in [0.1, 0.15) is 0 Å². The number of nitrogens with one attached hydrogen (secondary N) is 1. The van der Waals surface area contributed by atoms with E-state index in [9.17, 15) is 4.79 Å². The molecule has 1 aromatic rings. The van der Waals surface area contributed by atoms with E-state index in [1.165, 1.54) is 19.3 Å². The van der Waals surface area contributed by atoms with Gasteiger partial charge in [-0.25, -0.2) is 0 Å². The maximum Gasteiger partial charge on any atom is 0.253 e. The van der Waals surface area contributed by atoms with Gasteiger partial charge in [-0.15, -0.1) is 0 Å². The second-order valence-corrected chi connectivity index (χ2v) is 6.36. The van der Waals surface area contributed by atoms with E-state index in [1.807, 2.05) is 24.3 Å². The zero-order chi connectivity index (χ0) is 14.0. The van der Waals surface area contributed by atoms with Crippen LogP contribution in [0, 0.1) is 5.41 Å². The molecule has 0 saturated heterocycles. The quantitative estimate of drug-likeness (QED) is 0.903. The molecule has 3 heteroatoms. The van der Waals surface area contributed by atoms with Crippen molar-refractivity contribution in [3.05, 3.63) is 29.8 Å². The summed E-state index contributed by atoms with van der Waals surface area (Å²) in [5.41, 5.74) is 2.13. The Hall–Kier alpha value is -1.51. The van der Waals surface area contributed by atoms with Crippen LogP contribution in [-0.2, 0) is 0 Å². The van der Waals surface area contributed by atoms with Crippen LogP contribution in [0.5, 0.6) is 0 Å². The van der Waals surface area contributed by atoms with Crippen LogP contribution >= 0.6 is 0 Å². The fourth-order valence-electron chi connectivity index (χ4n) is 2.80. The molecule has 0 aromatic heterocycles. The first-order chi connectivity index (χ1) is 8.90. The minimum Gasteiger partial charge on any atom is -0.382 e. The summed E-state index contributed by atoms with van der Waals surface area (Å²) in [7, 11) is 3.56. The van der Waals surface area contributed by atoms with Crippen molar-refractivity contribution in [2.75, 3.05) is 19.4 Å². The first kappa shape index (κ1) is 13.9. The van der Waals surface area contributed by atoms with Gasteiger partial charge >= 0.3 is 0 Å². The number of hydrogen-bond donors (Lipinski definition) is 1. The summed E-state index contributed by atoms with van der Waals surface area (Å²) in [5.74, 6) is 0.0503. The van der Waals surface area contributed by atoms with E-state index in [1.54, 1.807) is 19.0 Å². The lowest BCUT2D eigenvalue weighted by Gasteiger charge is -2.29. The van der Waals surface area contributed by atoms with Gasteiger partial charge < -0.3 is 10.2 Å². The number of anilines is 1. The summed E-state index contributed by atoms with van der Waals surface area (Å²) in [5, 5.41) is 3.59. The number of rotatable bonds is 3. The molecule has 1 saturated carbocycles. The van der Waals surface area contributed by atoms with Gasteiger partial charge in [-0.3, -0.25) is 4.79 Å². The van der Waals surface area contributed by atoms with Gasteiger partial charge in [0.05, 0.1) is 0 Å². The van der Waals surface area contributed by atoms with Gasteiger partial charge in [0, 0.05) is 31.4 Å². The second kappa shape index (κ2) is 5.24. The molecule has 19 heavy (non-hydrogen) atoms. The molecule has 3 nitrogen and oxygen atoms in total. The van der Waals surface area contributed by atoms with Gasteiger partial charge in [0.25, 0.3) is 5.91 Å². The normalized spacial score (nSPS) is 21.2. The molecule has 1 aromatic carbocycles. The Balaban J connectivity index is 2.14. The van der Waals surface area contributed by atoms with E-state index in [0.717, 1.165) is 11.3 Å². The molecule has 1 fully saturated rings. The van der Waals surface area contributed by atoms with E-state index in [-0.39, 0.29) is 5.91 Å². The van der Waals surface area contributed by atoms with Crippen LogP contribution in [0.2, 0.25) is 0 Å². The van der Waals surface area contributed by atoms with Crippen molar-refractivity contribution in [2.45, 2.75) is 39.2 Å². The number of carbonyl (C=O) groups is 1. The van der Waals surface area contributed by atoms with Crippen LogP contribution in [0.1, 0.15) is 43.5 Å². The fourth-order valence-corrected chi connectivity index (χ4v) is 2.80. The monoisotopic (exact) mass is 260 g/mol. The molecule has 1 atom stereocenters. The second-order valence-electron chi connectivity index (χ2n) is 6.36. The predicted octanol–water partition coefficient (Wildman–Crippen LogP) is 3.38. The van der Waals surface area contributed by atoms with E-state index in [4.69, 9.17) is 0 Å². The lowest BCUT2D eigenvalue weighted by Crippen LogP contribution is -2.31. The number of carbonyl (C=O) groups excluding carboxylic acids is 1. The van der Waals surface area contributed by atoms with Crippen LogP contribution in [0.4, 0.5) is 5.69 Å². The molecule has 2 rings (SSSR count). The van der Waals surface area contributed by atoms with Crippen LogP contribution in [-0.4, -0.2) is 30.9 Å². The SMILES string of the molecule is CN(C)C(=O)c1cccc(NC2CCCC2(C)C)c1. The van der Waals surface area contributed by atoms with Gasteiger partial charge in [-0.05, 0) is 36.5 Å². The first-order valence-electron chi connectivity index (χ1n) is 6.98. The Labute approximate surface area is 116 Å². The van der Waals surface area contributed by atoms with Gasteiger partial charge in [-0.2, -0.15) is 0 Å². The average Bonchev–Trinajstić information content (AvgIpc) is 2.68. The van der Waals surface area contributed by atoms with E-state index in [0.29, 0.717) is 11.5 Å². The zero-order valence-corrected chi connectivity index (χ0v) is 12.4. The smallest absolute Gasteiger partial charge is 0.253 e. The molecule has 0 spiro atoms. The Bertz CT molecular complexity index is 466. The number of benzene rings is 1. The van der Waals surface area contributed by atoms with Crippen molar-refractivity contribution in [3.63, 3.8) is 0 Å². The third-order valence-electron chi connectivity index (χ3n) is 4.11. The lowest BCUT2D eigenvalue weighted by atomic mass is 9.87. The van der Waals surface area contributed by atoms with Crippen molar-refractivity contribution >= 4 is 11.6 Å². The highest BCUT2D eigenvalue weighted by molar-refractivity contribution is 5.94. The van der Waals surface area contributed by atoms with Crippen LogP contribution in [0.25, 0.3) is 0 Å². The largest absolute Gasteiger partial charge is 0.382 e. The summed E-state index contributed by atoms with van der Waals surface area (Å²) >= 11 is 0. The molecule has 1 N–H and O–H groups in total. The average molecular weight is 260 g/mol. The topological polar surface area (TPSA) is 32.3 Å². The molecule has 1 aliphatic rings. The van der Waals surface area contributed by atoms with Crippen molar-refractivity contribution in [1.29, 1.82) is 0 Å². The first-order valence-corrected chi connectivity index (χ1v) is 6.98.